The molecule has 3 aromatic rings. The number of furan rings is 1. The summed E-state index contributed by atoms with van der Waals surface area (Å²) in [5.41, 5.74) is 2.12. The Morgan fingerprint density at radius 2 is 1.09 bits per heavy atom. The zero-order chi connectivity index (χ0) is 23.3. The molecule has 0 saturated heterocycles. The zero-order valence-corrected chi connectivity index (χ0v) is 18.3. The van der Waals surface area contributed by atoms with Crippen LogP contribution in [0.25, 0.3) is 0 Å². The minimum Gasteiger partial charge on any atom is -0.446 e. The smallest absolute Gasteiger partial charge is 0.412 e. The quantitative estimate of drug-likeness (QED) is 0.494. The van der Waals surface area contributed by atoms with Gasteiger partial charge < -0.3 is 19.8 Å². The Hall–Kier alpha value is -4.07. The maximum absolute atomic E-state index is 12.4. The van der Waals surface area contributed by atoms with E-state index in [0.29, 0.717) is 17.1 Å². The molecule has 0 aliphatic rings. The number of nitrogens with one attached hydrogen (secondary N) is 3. The van der Waals surface area contributed by atoms with E-state index >= 15 is 0 Å². The second-order valence-corrected chi connectivity index (χ2v) is 8.14. The third-order valence-corrected chi connectivity index (χ3v) is 4.15. The molecule has 3 amide bonds. The second-order valence-electron chi connectivity index (χ2n) is 8.14. The summed E-state index contributed by atoms with van der Waals surface area (Å²) in [6.07, 6.45) is -0.568. The van der Waals surface area contributed by atoms with Gasteiger partial charge in [0.05, 0.1) is 0 Å². The first-order valence-corrected chi connectivity index (χ1v) is 9.98. The molecule has 0 unspecified atom stereocenters. The molecule has 0 bridgehead atoms. The Kier molecular flexibility index (Phi) is 6.63. The molecule has 0 aliphatic carbocycles. The van der Waals surface area contributed by atoms with Gasteiger partial charge in [-0.15, -0.1) is 0 Å². The van der Waals surface area contributed by atoms with Crippen LogP contribution in [-0.2, 0) is 4.74 Å². The summed E-state index contributed by atoms with van der Waals surface area (Å²) in [7, 11) is 0. The standard InChI is InChI=1S/C24H25N3O5/c1-15-5-7-16(8-6-15)25-21(28)19-13-14-20(31-19)22(29)26-17-9-11-18(12-10-17)27-23(30)32-24(2,3)4/h5-14H,1-4H3,(H,25,28)(H,26,29)(H,27,30). The van der Waals surface area contributed by atoms with Gasteiger partial charge in [0.25, 0.3) is 11.8 Å². The summed E-state index contributed by atoms with van der Waals surface area (Å²) >= 11 is 0. The van der Waals surface area contributed by atoms with Crippen LogP contribution in [0.15, 0.2) is 65.1 Å². The van der Waals surface area contributed by atoms with Crippen molar-refractivity contribution in [3.8, 4) is 0 Å². The Bertz CT molecular complexity index is 1110. The summed E-state index contributed by atoms with van der Waals surface area (Å²) in [4.78, 5) is 36.6. The lowest BCUT2D eigenvalue weighted by atomic mass is 10.2. The summed E-state index contributed by atoms with van der Waals surface area (Å²) in [6, 6.07) is 16.7. The molecule has 0 spiro atoms. The molecule has 0 saturated carbocycles. The van der Waals surface area contributed by atoms with Crippen LogP contribution in [0, 0.1) is 6.92 Å². The molecule has 2 aromatic carbocycles. The van der Waals surface area contributed by atoms with Gasteiger partial charge >= 0.3 is 6.09 Å². The summed E-state index contributed by atoms with van der Waals surface area (Å²) in [5, 5.41) is 8.00. The fourth-order valence-electron chi connectivity index (χ4n) is 2.66. The molecule has 3 N–H and O–H groups in total. The van der Waals surface area contributed by atoms with E-state index in [4.69, 9.17) is 9.15 Å². The van der Waals surface area contributed by atoms with Crippen molar-refractivity contribution in [3.63, 3.8) is 0 Å². The first kappa shape index (κ1) is 22.6. The number of benzene rings is 2. The second kappa shape index (κ2) is 9.38. The van der Waals surface area contributed by atoms with Gasteiger partial charge in [-0.25, -0.2) is 4.79 Å². The predicted octanol–water partition coefficient (Wildman–Crippen LogP) is 5.44. The number of aryl methyl sites for hydroxylation is 1. The highest BCUT2D eigenvalue weighted by atomic mass is 16.6. The first-order chi connectivity index (χ1) is 15.1. The van der Waals surface area contributed by atoms with E-state index in [9.17, 15) is 14.4 Å². The lowest BCUT2D eigenvalue weighted by molar-refractivity contribution is 0.0635. The van der Waals surface area contributed by atoms with E-state index in [1.54, 1.807) is 57.2 Å². The third kappa shape index (κ3) is 6.46. The molecular formula is C24H25N3O5. The number of rotatable bonds is 5. The Balaban J connectivity index is 1.57. The van der Waals surface area contributed by atoms with Gasteiger partial charge in [0.15, 0.2) is 11.5 Å². The number of hydrogen-bond acceptors (Lipinski definition) is 5. The van der Waals surface area contributed by atoms with Gasteiger partial charge in [-0.05, 0) is 76.2 Å². The Labute approximate surface area is 186 Å². The molecule has 8 nitrogen and oxygen atoms in total. The van der Waals surface area contributed by atoms with Crippen molar-refractivity contribution in [2.75, 3.05) is 16.0 Å². The van der Waals surface area contributed by atoms with Crippen LogP contribution >= 0.6 is 0 Å². The molecule has 166 valence electrons. The van der Waals surface area contributed by atoms with Crippen molar-refractivity contribution < 1.29 is 23.5 Å². The number of carbonyl (C=O) groups excluding carboxylic acids is 3. The number of ether oxygens (including phenoxy) is 1. The highest BCUT2D eigenvalue weighted by molar-refractivity contribution is 6.05. The SMILES string of the molecule is Cc1ccc(NC(=O)c2ccc(C(=O)Nc3ccc(NC(=O)OC(C)(C)C)cc3)o2)cc1. The highest BCUT2D eigenvalue weighted by Gasteiger charge is 2.17. The molecular weight excluding hydrogens is 410 g/mol. The van der Waals surface area contributed by atoms with Crippen LogP contribution < -0.4 is 16.0 Å². The summed E-state index contributed by atoms with van der Waals surface area (Å²) < 4.78 is 10.6. The third-order valence-electron chi connectivity index (χ3n) is 4.15. The van der Waals surface area contributed by atoms with Gasteiger partial charge in [0.2, 0.25) is 0 Å². The minimum atomic E-state index is -0.600. The largest absolute Gasteiger partial charge is 0.446 e. The van der Waals surface area contributed by atoms with Crippen LogP contribution in [0.4, 0.5) is 21.9 Å². The molecule has 1 heterocycles. The van der Waals surface area contributed by atoms with E-state index in [0.717, 1.165) is 5.56 Å². The maximum atomic E-state index is 12.4. The predicted molar refractivity (Wildman–Crippen MR) is 122 cm³/mol. The van der Waals surface area contributed by atoms with Gasteiger partial charge in [-0.3, -0.25) is 14.9 Å². The van der Waals surface area contributed by atoms with Crippen molar-refractivity contribution in [2.45, 2.75) is 33.3 Å². The summed E-state index contributed by atoms with van der Waals surface area (Å²) in [6.45, 7) is 7.28. The fraction of sp³-hybridized carbons (Fsp3) is 0.208. The van der Waals surface area contributed by atoms with Crippen molar-refractivity contribution in [2.24, 2.45) is 0 Å². The van der Waals surface area contributed by atoms with E-state index < -0.39 is 23.5 Å². The van der Waals surface area contributed by atoms with Crippen molar-refractivity contribution in [1.29, 1.82) is 0 Å². The van der Waals surface area contributed by atoms with Crippen molar-refractivity contribution >= 4 is 35.0 Å². The number of carbonyl (C=O) groups is 3. The number of hydrogen-bond donors (Lipinski definition) is 3. The fourth-order valence-corrected chi connectivity index (χ4v) is 2.66. The van der Waals surface area contributed by atoms with Crippen molar-refractivity contribution in [3.05, 3.63) is 77.7 Å². The Morgan fingerprint density at radius 3 is 1.53 bits per heavy atom. The van der Waals surface area contributed by atoms with Gasteiger partial charge in [-0.1, -0.05) is 17.7 Å². The average Bonchev–Trinajstić information content (AvgIpc) is 3.20. The number of amides is 3. The van der Waals surface area contributed by atoms with Crippen LogP contribution in [0.1, 0.15) is 47.4 Å². The monoisotopic (exact) mass is 435 g/mol. The van der Waals surface area contributed by atoms with Crippen LogP contribution in [0.2, 0.25) is 0 Å². The zero-order valence-electron chi connectivity index (χ0n) is 18.3. The van der Waals surface area contributed by atoms with E-state index in [-0.39, 0.29) is 11.5 Å². The molecule has 0 aliphatic heterocycles. The van der Waals surface area contributed by atoms with E-state index in [1.807, 2.05) is 19.1 Å². The van der Waals surface area contributed by atoms with E-state index in [2.05, 4.69) is 16.0 Å². The highest BCUT2D eigenvalue weighted by Crippen LogP contribution is 2.18. The molecule has 1 aromatic heterocycles. The molecule has 3 rings (SSSR count). The van der Waals surface area contributed by atoms with Crippen LogP contribution in [-0.4, -0.2) is 23.5 Å². The van der Waals surface area contributed by atoms with Gasteiger partial charge in [0, 0.05) is 17.1 Å². The van der Waals surface area contributed by atoms with Crippen LogP contribution in [0.3, 0.4) is 0 Å². The van der Waals surface area contributed by atoms with Gasteiger partial charge in [0.1, 0.15) is 5.60 Å². The molecule has 8 heteroatoms. The molecule has 0 atom stereocenters. The average molecular weight is 435 g/mol. The topological polar surface area (TPSA) is 110 Å². The van der Waals surface area contributed by atoms with Gasteiger partial charge in [-0.2, -0.15) is 0 Å². The lowest BCUT2D eigenvalue weighted by Gasteiger charge is -2.19. The lowest BCUT2D eigenvalue weighted by Crippen LogP contribution is -2.27. The minimum absolute atomic E-state index is 0.00462. The Morgan fingerprint density at radius 1 is 0.688 bits per heavy atom. The van der Waals surface area contributed by atoms with Crippen molar-refractivity contribution in [1.82, 2.24) is 0 Å². The maximum Gasteiger partial charge on any atom is 0.412 e. The normalized spacial score (nSPS) is 10.9. The molecule has 0 radical (unpaired) electrons. The number of anilines is 3. The first-order valence-electron chi connectivity index (χ1n) is 9.98. The molecule has 0 fully saturated rings. The molecule has 32 heavy (non-hydrogen) atoms. The van der Waals surface area contributed by atoms with E-state index in [1.165, 1.54) is 12.1 Å². The van der Waals surface area contributed by atoms with Crippen LogP contribution in [0.5, 0.6) is 0 Å². The summed E-state index contributed by atoms with van der Waals surface area (Å²) in [5.74, 6) is -0.944.